The molecule has 0 saturated carbocycles. The van der Waals surface area contributed by atoms with E-state index in [1.807, 2.05) is 38.1 Å². The number of H-pyrrole nitrogens is 1. The maximum atomic E-state index is 12.3. The standard InChI is InChI=1S/C19H21BrN4O3/c1-11(2)19(4,10-21)22-17(25)12(3)27-18(26)16-9-15(23-24-16)13-5-7-14(20)8-6-13/h5-9,11-12H,1-4H3,(H,22,25)(H,23,24). The number of aromatic amines is 1. The van der Waals surface area contributed by atoms with Crippen LogP contribution in [0, 0.1) is 17.2 Å². The number of aromatic nitrogens is 2. The molecule has 0 radical (unpaired) electrons. The number of nitriles is 1. The van der Waals surface area contributed by atoms with Crippen LogP contribution in [0.2, 0.25) is 0 Å². The van der Waals surface area contributed by atoms with Crippen molar-refractivity contribution in [3.63, 3.8) is 0 Å². The number of carbonyl (C=O) groups is 2. The fourth-order valence-corrected chi connectivity index (χ4v) is 2.40. The summed E-state index contributed by atoms with van der Waals surface area (Å²) in [6.07, 6.45) is -1.05. The van der Waals surface area contributed by atoms with Gasteiger partial charge in [0.05, 0.1) is 11.8 Å². The van der Waals surface area contributed by atoms with E-state index in [2.05, 4.69) is 37.5 Å². The first-order valence-electron chi connectivity index (χ1n) is 8.42. The Morgan fingerprint density at radius 3 is 2.48 bits per heavy atom. The van der Waals surface area contributed by atoms with E-state index >= 15 is 0 Å². The minimum Gasteiger partial charge on any atom is -0.448 e. The lowest BCUT2D eigenvalue weighted by molar-refractivity contribution is -0.130. The second-order valence-electron chi connectivity index (χ2n) is 6.68. The van der Waals surface area contributed by atoms with Gasteiger partial charge in [0.1, 0.15) is 11.2 Å². The molecule has 7 nitrogen and oxygen atoms in total. The molecular formula is C19H21BrN4O3. The molecule has 0 aliphatic carbocycles. The summed E-state index contributed by atoms with van der Waals surface area (Å²) in [5.74, 6) is -1.33. The van der Waals surface area contributed by atoms with Gasteiger partial charge in [-0.05, 0) is 38.0 Å². The van der Waals surface area contributed by atoms with Gasteiger partial charge in [0.25, 0.3) is 5.91 Å². The highest BCUT2D eigenvalue weighted by Gasteiger charge is 2.32. The molecule has 1 heterocycles. The second kappa shape index (κ2) is 8.35. The number of nitrogens with one attached hydrogen (secondary N) is 2. The summed E-state index contributed by atoms with van der Waals surface area (Å²) in [5.41, 5.74) is 0.518. The Morgan fingerprint density at radius 1 is 1.30 bits per heavy atom. The van der Waals surface area contributed by atoms with Crippen molar-refractivity contribution in [2.45, 2.75) is 39.3 Å². The minimum atomic E-state index is -1.05. The van der Waals surface area contributed by atoms with E-state index in [1.54, 1.807) is 13.0 Å². The van der Waals surface area contributed by atoms with Crippen molar-refractivity contribution >= 4 is 27.8 Å². The molecule has 0 fully saturated rings. The second-order valence-corrected chi connectivity index (χ2v) is 7.60. The van der Waals surface area contributed by atoms with Gasteiger partial charge < -0.3 is 10.1 Å². The number of nitrogens with zero attached hydrogens (tertiary/aromatic N) is 2. The largest absolute Gasteiger partial charge is 0.448 e. The Hall–Kier alpha value is -2.66. The molecule has 1 aromatic heterocycles. The summed E-state index contributed by atoms with van der Waals surface area (Å²) in [7, 11) is 0. The van der Waals surface area contributed by atoms with E-state index < -0.39 is 23.5 Å². The lowest BCUT2D eigenvalue weighted by Gasteiger charge is -2.28. The number of ether oxygens (including phenoxy) is 1. The summed E-state index contributed by atoms with van der Waals surface area (Å²) in [4.78, 5) is 24.6. The van der Waals surface area contributed by atoms with Gasteiger partial charge in [-0.25, -0.2) is 4.79 Å². The molecule has 0 aliphatic heterocycles. The molecule has 27 heavy (non-hydrogen) atoms. The average Bonchev–Trinajstić information content (AvgIpc) is 3.12. The maximum absolute atomic E-state index is 12.3. The van der Waals surface area contributed by atoms with Gasteiger partial charge in [0.15, 0.2) is 6.10 Å². The van der Waals surface area contributed by atoms with Gasteiger partial charge in [-0.2, -0.15) is 10.4 Å². The van der Waals surface area contributed by atoms with Crippen molar-refractivity contribution < 1.29 is 14.3 Å². The molecule has 0 bridgehead atoms. The Balaban J connectivity index is 2.03. The third kappa shape index (κ3) is 4.95. The quantitative estimate of drug-likeness (QED) is 0.679. The number of rotatable bonds is 6. The van der Waals surface area contributed by atoms with Crippen LogP contribution in [0.25, 0.3) is 11.3 Å². The first-order chi connectivity index (χ1) is 12.7. The Morgan fingerprint density at radius 2 is 1.93 bits per heavy atom. The number of carbonyl (C=O) groups excluding carboxylic acids is 2. The number of benzene rings is 1. The lowest BCUT2D eigenvalue weighted by Crippen LogP contribution is -2.52. The van der Waals surface area contributed by atoms with E-state index in [4.69, 9.17) is 4.74 Å². The highest BCUT2D eigenvalue weighted by Crippen LogP contribution is 2.21. The van der Waals surface area contributed by atoms with E-state index in [-0.39, 0.29) is 11.6 Å². The van der Waals surface area contributed by atoms with Crippen LogP contribution < -0.4 is 5.32 Å². The SMILES string of the molecule is CC(OC(=O)c1cc(-c2ccc(Br)cc2)n[nH]1)C(=O)NC(C)(C#N)C(C)C. The zero-order valence-electron chi connectivity index (χ0n) is 15.5. The molecule has 142 valence electrons. The molecule has 2 N–H and O–H groups in total. The van der Waals surface area contributed by atoms with Crippen LogP contribution in [0.5, 0.6) is 0 Å². The van der Waals surface area contributed by atoms with Crippen molar-refractivity contribution in [2.24, 2.45) is 5.92 Å². The van der Waals surface area contributed by atoms with Crippen LogP contribution in [0.4, 0.5) is 0 Å². The monoisotopic (exact) mass is 432 g/mol. The summed E-state index contributed by atoms with van der Waals surface area (Å²) in [6.45, 7) is 6.74. The van der Waals surface area contributed by atoms with Crippen molar-refractivity contribution in [3.8, 4) is 17.3 Å². The normalized spacial score (nSPS) is 14.1. The molecule has 2 rings (SSSR count). The fraction of sp³-hybridized carbons (Fsp3) is 0.368. The zero-order valence-corrected chi connectivity index (χ0v) is 17.1. The summed E-state index contributed by atoms with van der Waals surface area (Å²) < 4.78 is 6.13. The van der Waals surface area contributed by atoms with Gasteiger partial charge in [-0.1, -0.05) is 41.9 Å². The molecule has 2 unspecified atom stereocenters. The van der Waals surface area contributed by atoms with Gasteiger partial charge >= 0.3 is 5.97 Å². The van der Waals surface area contributed by atoms with E-state index in [0.29, 0.717) is 5.69 Å². The first kappa shape index (κ1) is 20.6. The van der Waals surface area contributed by atoms with Gasteiger partial charge in [0, 0.05) is 10.0 Å². The number of esters is 1. The highest BCUT2D eigenvalue weighted by molar-refractivity contribution is 9.10. The third-order valence-corrected chi connectivity index (χ3v) is 4.89. The third-order valence-electron chi connectivity index (χ3n) is 4.36. The summed E-state index contributed by atoms with van der Waals surface area (Å²) in [6, 6.07) is 11.1. The van der Waals surface area contributed by atoms with Gasteiger partial charge in [0.2, 0.25) is 0 Å². The van der Waals surface area contributed by atoms with Gasteiger partial charge in [-0.15, -0.1) is 0 Å². The van der Waals surface area contributed by atoms with Crippen molar-refractivity contribution in [1.29, 1.82) is 5.26 Å². The van der Waals surface area contributed by atoms with E-state index in [9.17, 15) is 14.9 Å². The molecule has 8 heteroatoms. The summed E-state index contributed by atoms with van der Waals surface area (Å²) >= 11 is 3.36. The van der Waals surface area contributed by atoms with Gasteiger partial charge in [-0.3, -0.25) is 9.89 Å². The first-order valence-corrected chi connectivity index (χ1v) is 9.21. The van der Waals surface area contributed by atoms with E-state index in [1.165, 1.54) is 6.92 Å². The van der Waals surface area contributed by atoms with Crippen LogP contribution in [0.3, 0.4) is 0 Å². The highest BCUT2D eigenvalue weighted by atomic mass is 79.9. The van der Waals surface area contributed by atoms with Crippen LogP contribution in [0.15, 0.2) is 34.8 Å². The number of halogens is 1. The molecule has 0 saturated heterocycles. The fourth-order valence-electron chi connectivity index (χ4n) is 2.13. The smallest absolute Gasteiger partial charge is 0.357 e. The maximum Gasteiger partial charge on any atom is 0.357 e. The Kier molecular flexibility index (Phi) is 6.39. The van der Waals surface area contributed by atoms with Crippen molar-refractivity contribution in [3.05, 3.63) is 40.5 Å². The zero-order chi connectivity index (χ0) is 20.2. The number of amides is 1. The predicted molar refractivity (Wildman–Crippen MR) is 104 cm³/mol. The predicted octanol–water partition coefficient (Wildman–Crippen LogP) is 3.44. The minimum absolute atomic E-state index is 0.101. The van der Waals surface area contributed by atoms with Crippen LogP contribution in [-0.2, 0) is 9.53 Å². The van der Waals surface area contributed by atoms with Crippen molar-refractivity contribution in [2.75, 3.05) is 0 Å². The molecule has 0 aliphatic rings. The Bertz CT molecular complexity index is 870. The van der Waals surface area contributed by atoms with Crippen LogP contribution in [-0.4, -0.2) is 33.7 Å². The molecule has 0 spiro atoms. The van der Waals surface area contributed by atoms with E-state index in [0.717, 1.165) is 10.0 Å². The Labute approximate surface area is 166 Å². The molecule has 2 atom stereocenters. The summed E-state index contributed by atoms with van der Waals surface area (Å²) in [5, 5.41) is 18.6. The number of hydrogen-bond donors (Lipinski definition) is 2. The topological polar surface area (TPSA) is 108 Å². The average molecular weight is 433 g/mol. The molecular weight excluding hydrogens is 412 g/mol. The van der Waals surface area contributed by atoms with Crippen molar-refractivity contribution in [1.82, 2.24) is 15.5 Å². The number of hydrogen-bond acceptors (Lipinski definition) is 5. The molecule has 1 aromatic carbocycles. The lowest BCUT2D eigenvalue weighted by atomic mass is 9.90. The molecule has 2 aromatic rings. The molecule has 1 amide bonds. The van der Waals surface area contributed by atoms with Crippen LogP contribution in [0.1, 0.15) is 38.2 Å². The van der Waals surface area contributed by atoms with Crippen LogP contribution >= 0.6 is 15.9 Å².